The van der Waals surface area contributed by atoms with Gasteiger partial charge in [-0.15, -0.1) is 0 Å². The number of rotatable bonds is 4. The summed E-state index contributed by atoms with van der Waals surface area (Å²) in [5.41, 5.74) is 7.90. The summed E-state index contributed by atoms with van der Waals surface area (Å²) in [4.78, 5) is 0. The molecule has 5 nitrogen and oxygen atoms in total. The Hall–Kier alpha value is -3.39. The van der Waals surface area contributed by atoms with Crippen LogP contribution in [0.3, 0.4) is 0 Å². The first-order chi connectivity index (χ1) is 11.6. The Labute approximate surface area is 139 Å². The van der Waals surface area contributed by atoms with Gasteiger partial charge in [0, 0.05) is 11.6 Å². The highest BCUT2D eigenvalue weighted by molar-refractivity contribution is 5.57. The van der Waals surface area contributed by atoms with Gasteiger partial charge in [0.2, 0.25) is 5.88 Å². The summed E-state index contributed by atoms with van der Waals surface area (Å²) in [7, 11) is 0. The van der Waals surface area contributed by atoms with Crippen LogP contribution in [0.2, 0.25) is 0 Å². The molecular formula is C19H16N2O3. The summed E-state index contributed by atoms with van der Waals surface area (Å²) in [6.07, 6.45) is 1.67. The van der Waals surface area contributed by atoms with E-state index in [1.54, 1.807) is 18.2 Å². The standard InChI is InChI=1S/C19H16N2O3/c1-2-9-23-14-6-3-12(4-7-14)18-15-8-5-13(22)10-17(15)24-19(21)16(18)11-20/h2-8,10,18,22H,1,9,21H2/t18-/m1/s1. The summed E-state index contributed by atoms with van der Waals surface area (Å²) in [6.45, 7) is 4.04. The molecule has 1 heterocycles. The van der Waals surface area contributed by atoms with Gasteiger partial charge in [-0.05, 0) is 23.8 Å². The van der Waals surface area contributed by atoms with Crippen LogP contribution in [0.5, 0.6) is 17.2 Å². The molecule has 0 unspecified atom stereocenters. The van der Waals surface area contributed by atoms with Gasteiger partial charge in [0.25, 0.3) is 0 Å². The maximum atomic E-state index is 9.65. The van der Waals surface area contributed by atoms with Crippen LogP contribution >= 0.6 is 0 Å². The van der Waals surface area contributed by atoms with Gasteiger partial charge in [-0.2, -0.15) is 5.26 Å². The molecule has 120 valence electrons. The van der Waals surface area contributed by atoms with Gasteiger partial charge in [-0.1, -0.05) is 30.9 Å². The predicted octanol–water partition coefficient (Wildman–Crippen LogP) is 3.18. The molecule has 5 heteroatoms. The molecule has 0 bridgehead atoms. The molecule has 3 rings (SSSR count). The zero-order valence-electron chi connectivity index (χ0n) is 12.9. The van der Waals surface area contributed by atoms with Gasteiger partial charge < -0.3 is 20.3 Å². The van der Waals surface area contributed by atoms with E-state index in [9.17, 15) is 10.4 Å². The number of nitrogens with two attached hydrogens (primary N) is 1. The van der Waals surface area contributed by atoms with E-state index in [4.69, 9.17) is 15.2 Å². The minimum absolute atomic E-state index is 0.0487. The zero-order valence-corrected chi connectivity index (χ0v) is 12.9. The monoisotopic (exact) mass is 320 g/mol. The molecule has 0 fully saturated rings. The lowest BCUT2D eigenvalue weighted by Crippen LogP contribution is -2.20. The molecular weight excluding hydrogens is 304 g/mol. The SMILES string of the molecule is C=CCOc1ccc([C@H]2C(C#N)=C(N)Oc3cc(O)ccc32)cc1. The summed E-state index contributed by atoms with van der Waals surface area (Å²) in [5.74, 6) is 0.935. The Kier molecular flexibility index (Phi) is 4.13. The average molecular weight is 320 g/mol. The summed E-state index contributed by atoms with van der Waals surface area (Å²) >= 11 is 0. The third-order valence-corrected chi connectivity index (χ3v) is 3.78. The highest BCUT2D eigenvalue weighted by Gasteiger charge is 2.30. The lowest BCUT2D eigenvalue weighted by molar-refractivity contribution is 0.363. The van der Waals surface area contributed by atoms with Crippen molar-refractivity contribution in [1.29, 1.82) is 5.26 Å². The normalized spacial score (nSPS) is 15.9. The van der Waals surface area contributed by atoms with Crippen LogP contribution in [-0.2, 0) is 0 Å². The van der Waals surface area contributed by atoms with Crippen LogP contribution in [0.1, 0.15) is 17.0 Å². The number of nitrogens with zero attached hydrogens (tertiary/aromatic N) is 1. The van der Waals surface area contributed by atoms with Crippen molar-refractivity contribution in [3.05, 3.63) is 77.7 Å². The van der Waals surface area contributed by atoms with E-state index in [-0.39, 0.29) is 17.6 Å². The van der Waals surface area contributed by atoms with Gasteiger partial charge >= 0.3 is 0 Å². The van der Waals surface area contributed by atoms with Crippen LogP contribution in [0.25, 0.3) is 0 Å². The Morgan fingerprint density at radius 1 is 1.29 bits per heavy atom. The van der Waals surface area contributed by atoms with Gasteiger partial charge in [-0.3, -0.25) is 0 Å². The quantitative estimate of drug-likeness (QED) is 0.845. The number of aromatic hydroxyl groups is 1. The molecule has 2 aromatic carbocycles. The number of allylic oxidation sites excluding steroid dienone is 1. The second kappa shape index (κ2) is 6.39. The molecule has 1 aliphatic heterocycles. The van der Waals surface area contributed by atoms with Crippen molar-refractivity contribution in [2.24, 2.45) is 5.73 Å². The van der Waals surface area contributed by atoms with E-state index in [1.807, 2.05) is 24.3 Å². The molecule has 0 amide bonds. The molecule has 1 aliphatic rings. The second-order valence-electron chi connectivity index (χ2n) is 5.32. The van der Waals surface area contributed by atoms with Crippen LogP contribution < -0.4 is 15.2 Å². The van der Waals surface area contributed by atoms with Crippen molar-refractivity contribution in [1.82, 2.24) is 0 Å². The van der Waals surface area contributed by atoms with Crippen LogP contribution in [0.15, 0.2) is 66.6 Å². The highest BCUT2D eigenvalue weighted by Crippen LogP contribution is 2.43. The van der Waals surface area contributed by atoms with E-state index in [1.165, 1.54) is 6.07 Å². The zero-order chi connectivity index (χ0) is 17.1. The number of fused-ring (bicyclic) bond motifs is 1. The Bertz CT molecular complexity index is 848. The van der Waals surface area contributed by atoms with Gasteiger partial charge in [0.1, 0.15) is 35.5 Å². The largest absolute Gasteiger partial charge is 0.508 e. The van der Waals surface area contributed by atoms with Gasteiger partial charge in [0.15, 0.2) is 0 Å². The van der Waals surface area contributed by atoms with E-state index in [2.05, 4.69) is 12.6 Å². The number of nitriles is 1. The fourth-order valence-electron chi connectivity index (χ4n) is 2.70. The van der Waals surface area contributed by atoms with Crippen molar-refractivity contribution in [3.8, 4) is 23.3 Å². The van der Waals surface area contributed by atoms with Gasteiger partial charge in [-0.25, -0.2) is 0 Å². The summed E-state index contributed by atoms with van der Waals surface area (Å²) in [5, 5.41) is 19.1. The third-order valence-electron chi connectivity index (χ3n) is 3.78. The smallest absolute Gasteiger partial charge is 0.205 e. The van der Waals surface area contributed by atoms with E-state index in [0.29, 0.717) is 23.7 Å². The van der Waals surface area contributed by atoms with Crippen molar-refractivity contribution in [2.45, 2.75) is 5.92 Å². The molecule has 0 saturated heterocycles. The predicted molar refractivity (Wildman–Crippen MR) is 89.5 cm³/mol. The van der Waals surface area contributed by atoms with Crippen molar-refractivity contribution in [3.63, 3.8) is 0 Å². The molecule has 0 saturated carbocycles. The lowest BCUT2D eigenvalue weighted by Gasteiger charge is -2.26. The molecule has 24 heavy (non-hydrogen) atoms. The van der Waals surface area contributed by atoms with Crippen LogP contribution in [-0.4, -0.2) is 11.7 Å². The van der Waals surface area contributed by atoms with E-state index >= 15 is 0 Å². The molecule has 0 spiro atoms. The Morgan fingerprint density at radius 2 is 2.04 bits per heavy atom. The molecule has 0 aliphatic carbocycles. The van der Waals surface area contributed by atoms with Crippen molar-refractivity contribution < 1.29 is 14.6 Å². The first kappa shape index (κ1) is 15.5. The van der Waals surface area contributed by atoms with Crippen molar-refractivity contribution in [2.75, 3.05) is 6.61 Å². The number of phenols is 1. The summed E-state index contributed by atoms with van der Waals surface area (Å²) < 4.78 is 11.0. The van der Waals surface area contributed by atoms with E-state index in [0.717, 1.165) is 11.1 Å². The number of benzene rings is 2. The first-order valence-electron chi connectivity index (χ1n) is 7.38. The highest BCUT2D eigenvalue weighted by atomic mass is 16.5. The Balaban J connectivity index is 2.04. The fraction of sp³-hybridized carbons (Fsp3) is 0.105. The van der Waals surface area contributed by atoms with Crippen molar-refractivity contribution >= 4 is 0 Å². The fourth-order valence-corrected chi connectivity index (χ4v) is 2.70. The average Bonchev–Trinajstić information content (AvgIpc) is 2.59. The number of hydrogen-bond donors (Lipinski definition) is 2. The number of ether oxygens (including phenoxy) is 2. The minimum Gasteiger partial charge on any atom is -0.508 e. The first-order valence-corrected chi connectivity index (χ1v) is 7.38. The molecule has 2 aromatic rings. The maximum Gasteiger partial charge on any atom is 0.205 e. The molecule has 3 N–H and O–H groups in total. The topological polar surface area (TPSA) is 88.5 Å². The number of phenolic OH excluding ortho intramolecular Hbond substituents is 1. The molecule has 1 atom stereocenters. The number of hydrogen-bond acceptors (Lipinski definition) is 5. The van der Waals surface area contributed by atoms with Gasteiger partial charge in [0.05, 0.1) is 5.92 Å². The third kappa shape index (κ3) is 2.77. The summed E-state index contributed by atoms with van der Waals surface area (Å²) in [6, 6.07) is 14.4. The lowest BCUT2D eigenvalue weighted by atomic mass is 9.83. The molecule has 0 aromatic heterocycles. The Morgan fingerprint density at radius 3 is 2.71 bits per heavy atom. The second-order valence-corrected chi connectivity index (χ2v) is 5.32. The molecule has 0 radical (unpaired) electrons. The van der Waals surface area contributed by atoms with E-state index < -0.39 is 0 Å². The maximum absolute atomic E-state index is 9.65. The van der Waals surface area contributed by atoms with Crippen LogP contribution in [0.4, 0.5) is 0 Å². The van der Waals surface area contributed by atoms with Crippen LogP contribution in [0, 0.1) is 11.3 Å². The minimum atomic E-state index is -0.354.